The van der Waals surface area contributed by atoms with Gasteiger partial charge in [0.25, 0.3) is 0 Å². The van der Waals surface area contributed by atoms with Crippen LogP contribution in [0.5, 0.6) is 5.75 Å². The lowest BCUT2D eigenvalue weighted by Crippen LogP contribution is -2.37. The lowest BCUT2D eigenvalue weighted by atomic mass is 9.98. The van der Waals surface area contributed by atoms with E-state index in [4.69, 9.17) is 4.74 Å². The molecule has 0 N–H and O–H groups in total. The number of hydrogen-bond acceptors (Lipinski definition) is 3. The van der Waals surface area contributed by atoms with Crippen LogP contribution in [0.15, 0.2) is 30.5 Å². The van der Waals surface area contributed by atoms with E-state index in [2.05, 4.69) is 30.0 Å². The molecule has 1 aliphatic heterocycles. The average molecular weight is 331 g/mol. The molecule has 1 aromatic heterocycles. The zero-order valence-electron chi connectivity index (χ0n) is 14.5. The van der Waals surface area contributed by atoms with Gasteiger partial charge in [-0.2, -0.15) is 5.10 Å². The summed E-state index contributed by atoms with van der Waals surface area (Å²) < 4.78 is 20.8. The van der Waals surface area contributed by atoms with Crippen LogP contribution >= 0.6 is 0 Å². The van der Waals surface area contributed by atoms with Crippen molar-refractivity contribution in [1.29, 1.82) is 0 Å². The normalized spacial score (nSPS) is 18.7. The largest absolute Gasteiger partial charge is 0.493 e. The highest BCUT2D eigenvalue weighted by Gasteiger charge is 2.21. The van der Waals surface area contributed by atoms with Crippen LogP contribution in [0.2, 0.25) is 0 Å². The van der Waals surface area contributed by atoms with E-state index in [1.165, 1.54) is 30.5 Å². The fourth-order valence-electron chi connectivity index (χ4n) is 3.29. The number of hydrogen-bond donors (Lipinski definition) is 0. The molecule has 1 atom stereocenters. The van der Waals surface area contributed by atoms with Gasteiger partial charge in [0, 0.05) is 37.3 Å². The van der Waals surface area contributed by atoms with E-state index in [0.717, 1.165) is 37.6 Å². The Balaban J connectivity index is 1.52. The van der Waals surface area contributed by atoms with Crippen molar-refractivity contribution in [3.8, 4) is 5.75 Å². The minimum Gasteiger partial charge on any atom is -0.493 e. The van der Waals surface area contributed by atoms with E-state index in [-0.39, 0.29) is 5.82 Å². The van der Waals surface area contributed by atoms with E-state index in [1.54, 1.807) is 12.1 Å². The fourth-order valence-corrected chi connectivity index (χ4v) is 3.29. The Morgan fingerprint density at radius 3 is 2.79 bits per heavy atom. The van der Waals surface area contributed by atoms with E-state index in [9.17, 15) is 4.39 Å². The molecule has 1 fully saturated rings. The molecule has 0 radical (unpaired) electrons. The number of piperidine rings is 1. The monoisotopic (exact) mass is 331 g/mol. The van der Waals surface area contributed by atoms with E-state index in [0.29, 0.717) is 12.5 Å². The Morgan fingerprint density at radius 1 is 1.29 bits per heavy atom. The van der Waals surface area contributed by atoms with Gasteiger partial charge in [0.15, 0.2) is 0 Å². The zero-order chi connectivity index (χ0) is 16.9. The molecule has 0 amide bonds. The van der Waals surface area contributed by atoms with Crippen molar-refractivity contribution < 1.29 is 9.13 Å². The van der Waals surface area contributed by atoms with Crippen molar-refractivity contribution in [1.82, 2.24) is 14.7 Å². The Labute approximate surface area is 143 Å². The Hall–Kier alpha value is -1.88. The van der Waals surface area contributed by atoms with Crippen LogP contribution in [0, 0.1) is 18.7 Å². The molecule has 2 aromatic rings. The smallest absolute Gasteiger partial charge is 0.123 e. The third-order valence-corrected chi connectivity index (χ3v) is 4.67. The number of benzene rings is 1. The fraction of sp³-hybridized carbons (Fsp3) is 0.526. The van der Waals surface area contributed by atoms with Crippen molar-refractivity contribution in [2.24, 2.45) is 5.92 Å². The summed E-state index contributed by atoms with van der Waals surface area (Å²) in [5.74, 6) is 1.04. The summed E-state index contributed by atoms with van der Waals surface area (Å²) in [5.41, 5.74) is 2.44. The number of aromatic nitrogens is 2. The van der Waals surface area contributed by atoms with Gasteiger partial charge in [-0.15, -0.1) is 0 Å². The number of ether oxygens (including phenoxy) is 1. The molecule has 0 aliphatic carbocycles. The predicted molar refractivity (Wildman–Crippen MR) is 92.5 cm³/mol. The molecule has 1 aliphatic rings. The molecular weight excluding hydrogens is 305 g/mol. The van der Waals surface area contributed by atoms with Crippen LogP contribution in [0.25, 0.3) is 0 Å². The van der Waals surface area contributed by atoms with Gasteiger partial charge in [-0.3, -0.25) is 9.58 Å². The first-order valence-corrected chi connectivity index (χ1v) is 8.77. The van der Waals surface area contributed by atoms with Crippen LogP contribution < -0.4 is 4.74 Å². The number of nitrogens with zero attached hydrogens (tertiary/aromatic N) is 3. The molecule has 5 heteroatoms. The minimum atomic E-state index is -0.228. The topological polar surface area (TPSA) is 30.3 Å². The lowest BCUT2D eigenvalue weighted by Gasteiger charge is -2.32. The predicted octanol–water partition coefficient (Wildman–Crippen LogP) is 3.64. The first kappa shape index (κ1) is 17.0. The second-order valence-corrected chi connectivity index (χ2v) is 6.60. The molecule has 1 aromatic carbocycles. The molecule has 24 heavy (non-hydrogen) atoms. The van der Waals surface area contributed by atoms with Gasteiger partial charge >= 0.3 is 0 Å². The summed E-state index contributed by atoms with van der Waals surface area (Å²) >= 11 is 0. The molecular formula is C19H26FN3O. The van der Waals surface area contributed by atoms with Gasteiger partial charge in [-0.25, -0.2) is 4.39 Å². The SMILES string of the molecule is CCn1cc(CN2CCC[C@H](COc3ccc(F)cc3)C2)c(C)n1. The molecule has 0 bridgehead atoms. The molecule has 1 saturated heterocycles. The molecule has 130 valence electrons. The summed E-state index contributed by atoms with van der Waals surface area (Å²) in [7, 11) is 0. The van der Waals surface area contributed by atoms with Crippen LogP contribution in [-0.4, -0.2) is 34.4 Å². The van der Waals surface area contributed by atoms with Gasteiger partial charge in [0.1, 0.15) is 11.6 Å². The van der Waals surface area contributed by atoms with Crippen LogP contribution in [0.4, 0.5) is 4.39 Å². The summed E-state index contributed by atoms with van der Waals surface area (Å²) in [6.07, 6.45) is 4.54. The molecule has 3 rings (SSSR count). The maximum absolute atomic E-state index is 12.9. The van der Waals surface area contributed by atoms with E-state index < -0.39 is 0 Å². The first-order chi connectivity index (χ1) is 11.6. The molecule has 0 unspecified atom stereocenters. The number of halogens is 1. The first-order valence-electron chi connectivity index (χ1n) is 8.77. The van der Waals surface area contributed by atoms with Crippen molar-refractivity contribution in [2.45, 2.75) is 39.8 Å². The highest BCUT2D eigenvalue weighted by Crippen LogP contribution is 2.21. The van der Waals surface area contributed by atoms with Crippen LogP contribution in [0.1, 0.15) is 31.0 Å². The maximum Gasteiger partial charge on any atom is 0.123 e. The van der Waals surface area contributed by atoms with Crippen molar-refractivity contribution in [3.05, 3.63) is 47.5 Å². The average Bonchev–Trinajstić information content (AvgIpc) is 2.95. The maximum atomic E-state index is 12.9. The summed E-state index contributed by atoms with van der Waals surface area (Å²) in [5, 5.41) is 4.53. The van der Waals surface area contributed by atoms with Crippen molar-refractivity contribution >= 4 is 0 Å². The number of likely N-dealkylation sites (tertiary alicyclic amines) is 1. The van der Waals surface area contributed by atoms with E-state index >= 15 is 0 Å². The van der Waals surface area contributed by atoms with Gasteiger partial charge in [0.05, 0.1) is 12.3 Å². The van der Waals surface area contributed by atoms with Gasteiger partial charge < -0.3 is 4.74 Å². The molecule has 2 heterocycles. The van der Waals surface area contributed by atoms with Crippen molar-refractivity contribution in [2.75, 3.05) is 19.7 Å². The Kier molecular flexibility index (Phi) is 5.51. The second-order valence-electron chi connectivity index (χ2n) is 6.60. The van der Waals surface area contributed by atoms with Crippen LogP contribution in [0.3, 0.4) is 0 Å². The summed E-state index contributed by atoms with van der Waals surface area (Å²) in [4.78, 5) is 2.49. The van der Waals surface area contributed by atoms with Gasteiger partial charge in [-0.1, -0.05) is 0 Å². The third-order valence-electron chi connectivity index (χ3n) is 4.67. The third kappa shape index (κ3) is 4.35. The Bertz CT molecular complexity index is 653. The highest BCUT2D eigenvalue weighted by molar-refractivity contribution is 5.22. The van der Waals surface area contributed by atoms with Crippen LogP contribution in [-0.2, 0) is 13.1 Å². The number of aryl methyl sites for hydroxylation is 2. The zero-order valence-corrected chi connectivity index (χ0v) is 14.5. The minimum absolute atomic E-state index is 0.228. The molecule has 0 spiro atoms. The second kappa shape index (κ2) is 7.79. The van der Waals surface area contributed by atoms with Gasteiger partial charge in [-0.05, 0) is 57.5 Å². The van der Waals surface area contributed by atoms with E-state index in [1.807, 2.05) is 4.68 Å². The molecule has 4 nitrogen and oxygen atoms in total. The lowest BCUT2D eigenvalue weighted by molar-refractivity contribution is 0.125. The highest BCUT2D eigenvalue weighted by atomic mass is 19.1. The Morgan fingerprint density at radius 2 is 2.08 bits per heavy atom. The van der Waals surface area contributed by atoms with Gasteiger partial charge in [0.2, 0.25) is 0 Å². The molecule has 0 saturated carbocycles. The quantitative estimate of drug-likeness (QED) is 0.809. The summed E-state index contributed by atoms with van der Waals surface area (Å²) in [6, 6.07) is 6.27. The van der Waals surface area contributed by atoms with Crippen molar-refractivity contribution in [3.63, 3.8) is 0 Å². The standard InChI is InChI=1S/C19H26FN3O/c1-3-23-13-17(15(2)21-23)12-22-10-4-5-16(11-22)14-24-19-8-6-18(20)7-9-19/h6-9,13,16H,3-5,10-12,14H2,1-2H3/t16-/m0/s1. The number of rotatable bonds is 6. The summed E-state index contributed by atoms with van der Waals surface area (Å²) in [6.45, 7) is 8.92.